The quantitative estimate of drug-likeness (QED) is 0.0817. The van der Waals surface area contributed by atoms with Crippen LogP contribution in [0.1, 0.15) is 5.56 Å². The van der Waals surface area contributed by atoms with Crippen molar-refractivity contribution in [2.24, 2.45) is 16.0 Å². The molecule has 0 spiro atoms. The lowest BCUT2D eigenvalue weighted by Gasteiger charge is -2.10. The van der Waals surface area contributed by atoms with Crippen LogP contribution in [-0.2, 0) is 19.5 Å². The van der Waals surface area contributed by atoms with E-state index in [0.717, 1.165) is 6.07 Å². The summed E-state index contributed by atoms with van der Waals surface area (Å²) in [5, 5.41) is 23.0. The third-order valence-electron chi connectivity index (χ3n) is 4.19. The molecule has 0 bridgehead atoms. The number of anilines is 2. The Morgan fingerprint density at radius 1 is 1.12 bits per heavy atom. The Labute approximate surface area is 186 Å². The maximum Gasteiger partial charge on any atom is 0.316 e. The van der Waals surface area contributed by atoms with Crippen molar-refractivity contribution >= 4 is 61.7 Å². The van der Waals surface area contributed by atoms with E-state index in [9.17, 15) is 17.8 Å². The highest BCUT2D eigenvalue weighted by Gasteiger charge is 2.18. The van der Waals surface area contributed by atoms with Gasteiger partial charge in [0.2, 0.25) is 0 Å². The van der Waals surface area contributed by atoms with E-state index in [4.69, 9.17) is 16.7 Å². The minimum absolute atomic E-state index is 0.116. The number of azo groups is 1. The predicted octanol–water partition coefficient (Wildman–Crippen LogP) is 4.31. The van der Waals surface area contributed by atoms with E-state index in [1.807, 2.05) is 0 Å². The molecule has 12 nitrogen and oxygen atoms in total. The number of primary amides is 1. The average Bonchev–Trinajstić information content (AvgIpc) is 2.70. The third kappa shape index (κ3) is 5.50. The molecule has 3 rings (SSSR count). The maximum atomic E-state index is 12.0. The van der Waals surface area contributed by atoms with Gasteiger partial charge in [-0.1, -0.05) is 5.04 Å². The number of nitrogens with zero attached hydrogens (tertiary/aromatic N) is 2. The van der Waals surface area contributed by atoms with Gasteiger partial charge in [0.25, 0.3) is 10.1 Å². The van der Waals surface area contributed by atoms with Crippen LogP contribution in [0.5, 0.6) is 0 Å². The minimum Gasteiger partial charge on any atom is -0.399 e. The Kier molecular flexibility index (Phi) is 6.93. The van der Waals surface area contributed by atoms with Gasteiger partial charge in [-0.15, -0.1) is 9.45 Å². The molecule has 0 saturated carbocycles. The monoisotopic (exact) mass is 479 g/mol. The van der Waals surface area contributed by atoms with Crippen LogP contribution in [0.25, 0.3) is 10.8 Å². The van der Waals surface area contributed by atoms with E-state index in [2.05, 4.69) is 24.9 Å². The number of carbonyl (C=O) groups is 1. The van der Waals surface area contributed by atoms with E-state index in [1.165, 1.54) is 24.3 Å². The number of nitrogen functional groups attached to an aromatic ring is 1. The number of fused-ring (bicyclic) bond motifs is 1. The molecule has 32 heavy (non-hydrogen) atoms. The molecular weight excluding hydrogens is 462 g/mol. The van der Waals surface area contributed by atoms with Gasteiger partial charge in [-0.05, 0) is 60.3 Å². The molecule has 0 aliphatic carbocycles. The fourth-order valence-electron chi connectivity index (χ4n) is 2.92. The summed E-state index contributed by atoms with van der Waals surface area (Å²) in [6.45, 7) is 1.70. The molecule has 0 aliphatic heterocycles. The zero-order chi connectivity index (χ0) is 23.5. The van der Waals surface area contributed by atoms with Gasteiger partial charge in [0.1, 0.15) is 10.6 Å². The van der Waals surface area contributed by atoms with Crippen LogP contribution in [0.3, 0.4) is 0 Å². The molecule has 14 heteroatoms. The molecule has 0 heterocycles. The number of aryl methyl sites for hydroxylation is 1. The number of carbonyl (C=O) groups excluding carboxylic acids is 1. The zero-order valence-corrected chi connectivity index (χ0v) is 18.0. The number of hydrogen-bond acceptors (Lipinski definition) is 10. The molecule has 3 aromatic carbocycles. The summed E-state index contributed by atoms with van der Waals surface area (Å²) in [4.78, 5) is 11.2. The first kappa shape index (κ1) is 23.4. The van der Waals surface area contributed by atoms with Crippen LogP contribution >= 0.6 is 12.0 Å². The van der Waals surface area contributed by atoms with Gasteiger partial charge in [-0.3, -0.25) is 4.55 Å². The summed E-state index contributed by atoms with van der Waals surface area (Å²) in [7, 11) is -4.64. The highest BCUT2D eigenvalue weighted by atomic mass is 32.2. The number of urea groups is 1. The molecule has 2 amide bonds. The summed E-state index contributed by atoms with van der Waals surface area (Å²) in [6, 6.07) is 9.42. The summed E-state index contributed by atoms with van der Waals surface area (Å²) in [5.41, 5.74) is 12.4. The molecule has 0 aliphatic rings. The standard InChI is InChI=1S/C18H17N5O7S2/c1-9-4-12(31-30-29-25)8-14-13(9)6-11(7-17(14)32(26,27)28)22-23-15-3-2-10(19)5-16(15)21-18(20)24/h2-8,25H,19H2,1H3,(H3,20,21,24)(H,26,27,28). The van der Waals surface area contributed by atoms with Gasteiger partial charge in [0, 0.05) is 16.0 Å². The number of benzene rings is 3. The molecule has 0 fully saturated rings. The minimum atomic E-state index is -4.64. The average molecular weight is 479 g/mol. The highest BCUT2D eigenvalue weighted by molar-refractivity contribution is 7.94. The first-order chi connectivity index (χ1) is 15.1. The second-order valence-electron chi connectivity index (χ2n) is 6.45. The van der Waals surface area contributed by atoms with Gasteiger partial charge >= 0.3 is 6.03 Å². The fraction of sp³-hybridized carbons (Fsp3) is 0.0556. The Bertz CT molecular complexity index is 1330. The van der Waals surface area contributed by atoms with Crippen LogP contribution in [0, 0.1) is 6.92 Å². The van der Waals surface area contributed by atoms with Crippen molar-refractivity contribution in [1.82, 2.24) is 0 Å². The van der Waals surface area contributed by atoms with Crippen LogP contribution < -0.4 is 16.8 Å². The van der Waals surface area contributed by atoms with Gasteiger partial charge in [0.05, 0.1) is 23.4 Å². The van der Waals surface area contributed by atoms with E-state index in [-0.39, 0.29) is 22.4 Å². The van der Waals surface area contributed by atoms with E-state index in [1.54, 1.807) is 19.1 Å². The molecule has 0 unspecified atom stereocenters. The van der Waals surface area contributed by atoms with Crippen molar-refractivity contribution in [2.45, 2.75) is 16.7 Å². The van der Waals surface area contributed by atoms with Crippen LogP contribution in [0.15, 0.2) is 62.5 Å². The lowest BCUT2D eigenvalue weighted by Crippen LogP contribution is -2.19. The number of amides is 2. The first-order valence-electron chi connectivity index (χ1n) is 8.67. The smallest absolute Gasteiger partial charge is 0.316 e. The molecule has 168 valence electrons. The second kappa shape index (κ2) is 9.47. The lowest BCUT2D eigenvalue weighted by atomic mass is 10.0. The Balaban J connectivity index is 2.13. The van der Waals surface area contributed by atoms with Crippen molar-refractivity contribution in [1.29, 1.82) is 0 Å². The van der Waals surface area contributed by atoms with Crippen molar-refractivity contribution < 1.29 is 32.4 Å². The normalized spacial score (nSPS) is 11.8. The van der Waals surface area contributed by atoms with E-state index >= 15 is 0 Å². The summed E-state index contributed by atoms with van der Waals surface area (Å²) < 4.78 is 38.2. The Hall–Kier alpha value is -3.27. The molecule has 0 saturated heterocycles. The third-order valence-corrected chi connectivity index (χ3v) is 5.64. The van der Waals surface area contributed by atoms with Crippen LogP contribution in [-0.4, -0.2) is 24.3 Å². The number of nitrogens with one attached hydrogen (secondary N) is 1. The molecule has 3 aromatic rings. The summed E-state index contributed by atoms with van der Waals surface area (Å²) >= 11 is 0.642. The van der Waals surface area contributed by atoms with Gasteiger partial charge < -0.3 is 16.8 Å². The highest BCUT2D eigenvalue weighted by Crippen LogP contribution is 2.36. The molecule has 0 atom stereocenters. The lowest BCUT2D eigenvalue weighted by molar-refractivity contribution is -0.432. The van der Waals surface area contributed by atoms with Crippen molar-refractivity contribution in [3.05, 3.63) is 48.0 Å². The molecule has 7 N–H and O–H groups in total. The number of nitrogens with two attached hydrogens (primary N) is 2. The van der Waals surface area contributed by atoms with Gasteiger partial charge in [-0.2, -0.15) is 13.5 Å². The maximum absolute atomic E-state index is 12.0. The number of hydrogen-bond donors (Lipinski definition) is 5. The first-order valence-corrected chi connectivity index (χ1v) is 10.8. The topological polar surface area (TPSA) is 199 Å². The molecule has 0 radical (unpaired) electrons. The molecule has 0 aromatic heterocycles. The SMILES string of the molecule is Cc1cc(SOOO)cc2c(S(=O)(=O)O)cc(N=Nc3ccc(N)cc3NC(N)=O)cc12. The largest absolute Gasteiger partial charge is 0.399 e. The number of rotatable bonds is 7. The van der Waals surface area contributed by atoms with E-state index < -0.39 is 21.0 Å². The summed E-state index contributed by atoms with van der Waals surface area (Å²) in [5.74, 6) is 0. The van der Waals surface area contributed by atoms with E-state index in [0.29, 0.717) is 33.6 Å². The van der Waals surface area contributed by atoms with Gasteiger partial charge in [0.15, 0.2) is 0 Å². The van der Waals surface area contributed by atoms with Gasteiger partial charge in [-0.25, -0.2) is 10.1 Å². The van der Waals surface area contributed by atoms with Crippen molar-refractivity contribution in [3.63, 3.8) is 0 Å². The van der Waals surface area contributed by atoms with Crippen LogP contribution in [0.4, 0.5) is 27.5 Å². The Morgan fingerprint density at radius 3 is 2.53 bits per heavy atom. The van der Waals surface area contributed by atoms with Crippen LogP contribution in [0.2, 0.25) is 0 Å². The zero-order valence-electron chi connectivity index (χ0n) is 16.3. The van der Waals surface area contributed by atoms with Crippen molar-refractivity contribution in [3.8, 4) is 0 Å². The molecular formula is C18H17N5O7S2. The second-order valence-corrected chi connectivity index (χ2v) is 8.61. The predicted molar refractivity (Wildman–Crippen MR) is 117 cm³/mol. The van der Waals surface area contributed by atoms with Crippen molar-refractivity contribution in [2.75, 3.05) is 11.1 Å². The fourth-order valence-corrected chi connectivity index (χ4v) is 4.14. The summed E-state index contributed by atoms with van der Waals surface area (Å²) in [6.07, 6.45) is 0. The Morgan fingerprint density at radius 2 is 1.88 bits per heavy atom.